The Morgan fingerprint density at radius 2 is 1.76 bits per heavy atom. The maximum absolute atomic E-state index is 11.8. The Morgan fingerprint density at radius 3 is 2.48 bits per heavy atom. The highest BCUT2D eigenvalue weighted by Gasteiger charge is 2.06. The van der Waals surface area contributed by atoms with Crippen molar-refractivity contribution in [3.63, 3.8) is 0 Å². The number of amides is 1. The predicted molar refractivity (Wildman–Crippen MR) is 106 cm³/mol. The Balaban J connectivity index is 1.71. The fourth-order valence-electron chi connectivity index (χ4n) is 2.28. The molecule has 25 heavy (non-hydrogen) atoms. The first-order valence-corrected chi connectivity index (χ1v) is 8.86. The molecule has 124 valence electrons. The van der Waals surface area contributed by atoms with Crippen LogP contribution in [-0.2, 0) is 4.79 Å². The van der Waals surface area contributed by atoms with Gasteiger partial charge < -0.3 is 5.32 Å². The summed E-state index contributed by atoms with van der Waals surface area (Å²) in [6, 6.07) is 17.8. The van der Waals surface area contributed by atoms with E-state index >= 15 is 0 Å². The Hall–Kier alpha value is -2.98. The van der Waals surface area contributed by atoms with E-state index in [0.717, 1.165) is 27.5 Å². The maximum atomic E-state index is 11.8. The third-order valence-electron chi connectivity index (χ3n) is 3.52. The summed E-state index contributed by atoms with van der Waals surface area (Å²) in [7, 11) is 0. The van der Waals surface area contributed by atoms with Gasteiger partial charge in [-0.05, 0) is 19.1 Å². The fraction of sp³-hybridized carbons (Fsp3) is 0.0476. The molecule has 0 fully saturated rings. The Morgan fingerprint density at radius 1 is 1.00 bits per heavy atom. The van der Waals surface area contributed by atoms with Gasteiger partial charge in [-0.15, -0.1) is 11.3 Å². The molecule has 3 rings (SSSR count). The highest BCUT2D eigenvalue weighted by molar-refractivity contribution is 7.13. The van der Waals surface area contributed by atoms with Crippen molar-refractivity contribution < 1.29 is 4.79 Å². The van der Waals surface area contributed by atoms with E-state index in [4.69, 9.17) is 4.98 Å². The van der Waals surface area contributed by atoms with Crippen molar-refractivity contribution in [1.29, 1.82) is 0 Å². The van der Waals surface area contributed by atoms with E-state index in [1.165, 1.54) is 6.08 Å². The third kappa shape index (κ3) is 4.52. The quantitative estimate of drug-likeness (QED) is 0.486. The summed E-state index contributed by atoms with van der Waals surface area (Å²) in [4.78, 5) is 16.5. The highest BCUT2D eigenvalue weighted by Crippen LogP contribution is 2.29. The van der Waals surface area contributed by atoms with Crippen LogP contribution >= 0.6 is 11.3 Å². The number of carbonyl (C=O) groups is 1. The molecule has 3 nitrogen and oxygen atoms in total. The van der Waals surface area contributed by atoms with E-state index in [1.807, 2.05) is 61.5 Å². The molecule has 0 aliphatic heterocycles. The summed E-state index contributed by atoms with van der Waals surface area (Å²) < 4.78 is 0. The van der Waals surface area contributed by atoms with Crippen molar-refractivity contribution in [1.82, 2.24) is 4.98 Å². The molecule has 0 saturated heterocycles. The van der Waals surface area contributed by atoms with Crippen molar-refractivity contribution in [2.75, 3.05) is 5.32 Å². The largest absolute Gasteiger partial charge is 0.323 e. The van der Waals surface area contributed by atoms with Crippen LogP contribution in [0.2, 0.25) is 0 Å². The lowest BCUT2D eigenvalue weighted by Crippen LogP contribution is -2.07. The van der Waals surface area contributed by atoms with Crippen molar-refractivity contribution in [3.05, 3.63) is 84.3 Å². The van der Waals surface area contributed by atoms with Crippen LogP contribution in [0.4, 0.5) is 5.69 Å². The Kier molecular flexibility index (Phi) is 5.54. The van der Waals surface area contributed by atoms with E-state index in [0.29, 0.717) is 0 Å². The van der Waals surface area contributed by atoms with Crippen molar-refractivity contribution in [3.8, 4) is 21.8 Å². The molecule has 0 aliphatic rings. The normalized spacial score (nSPS) is 11.2. The van der Waals surface area contributed by atoms with Gasteiger partial charge in [0, 0.05) is 28.3 Å². The van der Waals surface area contributed by atoms with E-state index in [-0.39, 0.29) is 5.91 Å². The van der Waals surface area contributed by atoms with Gasteiger partial charge in [-0.1, -0.05) is 60.7 Å². The standard InChI is InChI=1S/C21H18N2OS/c1-2-3-5-10-20(24)22-18-13-11-16(12-14-18)19-15-25-21(23-19)17-8-6-4-7-9-17/h2-15H,1H3,(H,22,24)/b3-2+,10-5+. The Labute approximate surface area is 151 Å². The number of anilines is 1. The van der Waals surface area contributed by atoms with Gasteiger partial charge in [-0.2, -0.15) is 0 Å². The number of nitrogens with zero attached hydrogens (tertiary/aromatic N) is 1. The molecule has 0 atom stereocenters. The van der Waals surface area contributed by atoms with Gasteiger partial charge >= 0.3 is 0 Å². The van der Waals surface area contributed by atoms with Gasteiger partial charge in [0.05, 0.1) is 5.69 Å². The SMILES string of the molecule is C/C=C/C=C/C(=O)Nc1ccc(-c2csc(-c3ccccc3)n2)cc1. The summed E-state index contributed by atoms with van der Waals surface area (Å²) in [5, 5.41) is 5.89. The molecule has 0 aliphatic carbocycles. The van der Waals surface area contributed by atoms with Crippen LogP contribution in [0.1, 0.15) is 6.92 Å². The molecule has 3 aromatic rings. The second-order valence-corrected chi connectivity index (χ2v) is 6.21. The first-order valence-electron chi connectivity index (χ1n) is 7.98. The monoisotopic (exact) mass is 346 g/mol. The summed E-state index contributed by atoms with van der Waals surface area (Å²) in [6.07, 6.45) is 6.90. The molecule has 1 N–H and O–H groups in total. The first-order chi connectivity index (χ1) is 12.3. The van der Waals surface area contributed by atoms with Gasteiger partial charge in [0.1, 0.15) is 5.01 Å². The number of rotatable bonds is 5. The molecule has 0 radical (unpaired) electrons. The molecule has 4 heteroatoms. The zero-order valence-corrected chi connectivity index (χ0v) is 14.7. The first kappa shape index (κ1) is 16.9. The molecular formula is C21H18N2OS. The highest BCUT2D eigenvalue weighted by atomic mass is 32.1. The van der Waals surface area contributed by atoms with Crippen LogP contribution in [0.5, 0.6) is 0 Å². The van der Waals surface area contributed by atoms with Crippen LogP contribution in [0.3, 0.4) is 0 Å². The zero-order chi connectivity index (χ0) is 17.5. The molecule has 0 saturated carbocycles. The zero-order valence-electron chi connectivity index (χ0n) is 13.8. The minimum absolute atomic E-state index is 0.147. The second-order valence-electron chi connectivity index (χ2n) is 5.36. The van der Waals surface area contributed by atoms with Crippen molar-refractivity contribution in [2.45, 2.75) is 6.92 Å². The predicted octanol–water partition coefficient (Wildman–Crippen LogP) is 5.55. The number of nitrogens with one attached hydrogen (secondary N) is 1. The van der Waals surface area contributed by atoms with Gasteiger partial charge in [0.2, 0.25) is 5.91 Å². The van der Waals surface area contributed by atoms with Gasteiger partial charge in [0.15, 0.2) is 0 Å². The van der Waals surface area contributed by atoms with Gasteiger partial charge in [-0.3, -0.25) is 4.79 Å². The maximum Gasteiger partial charge on any atom is 0.248 e. The lowest BCUT2D eigenvalue weighted by Gasteiger charge is -2.03. The van der Waals surface area contributed by atoms with E-state index < -0.39 is 0 Å². The van der Waals surface area contributed by atoms with E-state index in [2.05, 4.69) is 22.8 Å². The van der Waals surface area contributed by atoms with Gasteiger partial charge in [0.25, 0.3) is 0 Å². The van der Waals surface area contributed by atoms with Crippen LogP contribution < -0.4 is 5.32 Å². The lowest BCUT2D eigenvalue weighted by atomic mass is 10.1. The molecule has 0 bridgehead atoms. The average molecular weight is 346 g/mol. The molecule has 1 aromatic heterocycles. The molecule has 0 unspecified atom stereocenters. The summed E-state index contributed by atoms with van der Waals surface area (Å²) >= 11 is 1.63. The number of thiazole rings is 1. The second kappa shape index (κ2) is 8.22. The number of hydrogen-bond donors (Lipinski definition) is 1. The number of carbonyl (C=O) groups excluding carboxylic acids is 1. The molecule has 0 spiro atoms. The van der Waals surface area contributed by atoms with E-state index in [1.54, 1.807) is 17.4 Å². The minimum atomic E-state index is -0.147. The Bertz CT molecular complexity index is 893. The minimum Gasteiger partial charge on any atom is -0.323 e. The van der Waals surface area contributed by atoms with Crippen LogP contribution in [0.15, 0.2) is 84.3 Å². The van der Waals surface area contributed by atoms with Gasteiger partial charge in [-0.25, -0.2) is 4.98 Å². The van der Waals surface area contributed by atoms with Crippen LogP contribution in [-0.4, -0.2) is 10.9 Å². The molecule has 2 aromatic carbocycles. The van der Waals surface area contributed by atoms with E-state index in [9.17, 15) is 4.79 Å². The molecular weight excluding hydrogens is 328 g/mol. The summed E-state index contributed by atoms with van der Waals surface area (Å²) in [5.74, 6) is -0.147. The average Bonchev–Trinajstić information content (AvgIpc) is 3.13. The van der Waals surface area contributed by atoms with Crippen LogP contribution in [0.25, 0.3) is 21.8 Å². The smallest absolute Gasteiger partial charge is 0.248 e. The van der Waals surface area contributed by atoms with Crippen molar-refractivity contribution >= 4 is 22.9 Å². The lowest BCUT2D eigenvalue weighted by molar-refractivity contribution is -0.111. The van der Waals surface area contributed by atoms with Crippen LogP contribution in [0, 0.1) is 0 Å². The number of allylic oxidation sites excluding steroid dienone is 3. The number of benzene rings is 2. The number of aromatic nitrogens is 1. The molecule has 1 heterocycles. The topological polar surface area (TPSA) is 42.0 Å². The number of hydrogen-bond acceptors (Lipinski definition) is 3. The summed E-state index contributed by atoms with van der Waals surface area (Å²) in [6.45, 7) is 1.91. The third-order valence-corrected chi connectivity index (χ3v) is 4.42. The summed E-state index contributed by atoms with van der Waals surface area (Å²) in [5.41, 5.74) is 3.85. The molecule has 1 amide bonds. The fourth-order valence-corrected chi connectivity index (χ4v) is 3.12. The van der Waals surface area contributed by atoms with Crippen molar-refractivity contribution in [2.24, 2.45) is 0 Å².